The van der Waals surface area contributed by atoms with Gasteiger partial charge in [0, 0.05) is 6.20 Å². The molecule has 0 radical (unpaired) electrons. The lowest BCUT2D eigenvalue weighted by Crippen LogP contribution is -1.99. The van der Waals surface area contributed by atoms with Crippen LogP contribution in [0, 0.1) is 0 Å². The minimum Gasteiger partial charge on any atom is -0.296 e. The zero-order valence-electron chi connectivity index (χ0n) is 6.66. The predicted octanol–water partition coefficient (Wildman–Crippen LogP) is 0.475. The number of carbonyl (C=O) groups is 1. The molecule has 0 spiro atoms. The number of nitrogens with zero attached hydrogens (tertiary/aromatic N) is 4. The van der Waals surface area contributed by atoms with Crippen molar-refractivity contribution in [2.75, 3.05) is 0 Å². The van der Waals surface area contributed by atoms with Gasteiger partial charge in [0.25, 0.3) is 0 Å². The molecule has 0 amide bonds. The van der Waals surface area contributed by atoms with E-state index >= 15 is 0 Å². The van der Waals surface area contributed by atoms with Crippen LogP contribution in [0.4, 0.5) is 0 Å². The summed E-state index contributed by atoms with van der Waals surface area (Å²) in [5.74, 6) is 0. The Morgan fingerprint density at radius 2 is 2.00 bits per heavy atom. The van der Waals surface area contributed by atoms with Crippen molar-refractivity contribution >= 4 is 6.29 Å². The fourth-order valence-electron chi connectivity index (χ4n) is 0.975. The first kappa shape index (κ1) is 7.60. The molecule has 2 aromatic heterocycles. The largest absolute Gasteiger partial charge is 0.296 e. The van der Waals surface area contributed by atoms with E-state index in [4.69, 9.17) is 0 Å². The van der Waals surface area contributed by atoms with E-state index in [1.165, 1.54) is 4.80 Å². The molecule has 0 aliphatic carbocycles. The Bertz CT molecular complexity index is 410. The van der Waals surface area contributed by atoms with E-state index < -0.39 is 0 Å². The van der Waals surface area contributed by atoms with Crippen LogP contribution < -0.4 is 0 Å². The minimum atomic E-state index is 0.370. The molecular formula is C8H6N4O. The third-order valence-corrected chi connectivity index (χ3v) is 1.54. The minimum absolute atomic E-state index is 0.370. The molecule has 64 valence electrons. The first-order valence-electron chi connectivity index (χ1n) is 3.68. The van der Waals surface area contributed by atoms with E-state index in [1.54, 1.807) is 30.7 Å². The predicted molar refractivity (Wildman–Crippen MR) is 44.5 cm³/mol. The summed E-state index contributed by atoms with van der Waals surface area (Å²) in [6.45, 7) is 0. The standard InChI is InChI=1S/C8H6N4O/c13-6-7-5-8(1-2-9-7)12-10-3-4-11-12/h1-6H. The van der Waals surface area contributed by atoms with Crippen LogP contribution in [0.3, 0.4) is 0 Å². The fraction of sp³-hybridized carbons (Fsp3) is 0. The molecule has 0 N–H and O–H groups in total. The quantitative estimate of drug-likeness (QED) is 0.621. The van der Waals surface area contributed by atoms with Gasteiger partial charge in [-0.05, 0) is 12.1 Å². The van der Waals surface area contributed by atoms with Gasteiger partial charge in [0.05, 0.1) is 18.1 Å². The Balaban J connectivity index is 2.47. The number of hydrogen-bond donors (Lipinski definition) is 0. The molecule has 13 heavy (non-hydrogen) atoms. The summed E-state index contributed by atoms with van der Waals surface area (Å²) >= 11 is 0. The van der Waals surface area contributed by atoms with Gasteiger partial charge in [-0.2, -0.15) is 15.0 Å². The molecule has 2 rings (SSSR count). The summed E-state index contributed by atoms with van der Waals surface area (Å²) in [7, 11) is 0. The maximum atomic E-state index is 10.4. The number of aromatic nitrogens is 4. The molecule has 5 nitrogen and oxygen atoms in total. The highest BCUT2D eigenvalue weighted by molar-refractivity contribution is 5.72. The lowest BCUT2D eigenvalue weighted by atomic mass is 10.3. The van der Waals surface area contributed by atoms with E-state index in [2.05, 4.69) is 15.2 Å². The number of rotatable bonds is 2. The number of aldehydes is 1. The SMILES string of the molecule is O=Cc1cc(-n2nccn2)ccn1. The zero-order chi connectivity index (χ0) is 9.10. The summed E-state index contributed by atoms with van der Waals surface area (Å²) in [6.07, 6.45) is 5.37. The van der Waals surface area contributed by atoms with Crippen LogP contribution in [-0.4, -0.2) is 26.3 Å². The fourth-order valence-corrected chi connectivity index (χ4v) is 0.975. The molecule has 0 aromatic carbocycles. The Hall–Kier alpha value is -2.04. The third kappa shape index (κ3) is 1.44. The van der Waals surface area contributed by atoms with E-state index in [0.717, 1.165) is 5.69 Å². The Labute approximate surface area is 74.0 Å². The van der Waals surface area contributed by atoms with Gasteiger partial charge in [-0.3, -0.25) is 9.78 Å². The van der Waals surface area contributed by atoms with Crippen LogP contribution in [0.15, 0.2) is 30.7 Å². The van der Waals surface area contributed by atoms with Crippen molar-refractivity contribution in [2.45, 2.75) is 0 Å². The van der Waals surface area contributed by atoms with E-state index in [1.807, 2.05) is 0 Å². The maximum Gasteiger partial charge on any atom is 0.168 e. The second-order valence-electron chi connectivity index (χ2n) is 2.38. The second kappa shape index (κ2) is 3.14. The van der Waals surface area contributed by atoms with Gasteiger partial charge in [-0.15, -0.1) is 0 Å². The Morgan fingerprint density at radius 1 is 1.23 bits per heavy atom. The average Bonchev–Trinajstić information content (AvgIpc) is 2.71. The van der Waals surface area contributed by atoms with Crippen LogP contribution in [0.25, 0.3) is 5.69 Å². The molecule has 0 unspecified atom stereocenters. The topological polar surface area (TPSA) is 60.7 Å². The molecular weight excluding hydrogens is 168 g/mol. The molecule has 0 fully saturated rings. The van der Waals surface area contributed by atoms with E-state index in [0.29, 0.717) is 12.0 Å². The molecule has 0 aliphatic rings. The van der Waals surface area contributed by atoms with Crippen molar-refractivity contribution in [3.63, 3.8) is 0 Å². The van der Waals surface area contributed by atoms with Gasteiger partial charge < -0.3 is 0 Å². The van der Waals surface area contributed by atoms with E-state index in [9.17, 15) is 4.79 Å². The lowest BCUT2D eigenvalue weighted by Gasteiger charge is -1.97. The van der Waals surface area contributed by atoms with Crippen molar-refractivity contribution in [3.8, 4) is 5.69 Å². The van der Waals surface area contributed by atoms with Crippen LogP contribution in [-0.2, 0) is 0 Å². The van der Waals surface area contributed by atoms with Gasteiger partial charge in [0.1, 0.15) is 5.69 Å². The van der Waals surface area contributed by atoms with Crippen molar-refractivity contribution < 1.29 is 4.79 Å². The van der Waals surface area contributed by atoms with Crippen LogP contribution in [0.2, 0.25) is 0 Å². The van der Waals surface area contributed by atoms with Crippen molar-refractivity contribution in [1.82, 2.24) is 20.0 Å². The smallest absolute Gasteiger partial charge is 0.168 e. The van der Waals surface area contributed by atoms with Crippen molar-refractivity contribution in [2.24, 2.45) is 0 Å². The van der Waals surface area contributed by atoms with Crippen molar-refractivity contribution in [3.05, 3.63) is 36.4 Å². The normalized spacial score (nSPS) is 9.85. The van der Waals surface area contributed by atoms with Gasteiger partial charge in [0.15, 0.2) is 6.29 Å². The van der Waals surface area contributed by atoms with Crippen molar-refractivity contribution in [1.29, 1.82) is 0 Å². The first-order valence-corrected chi connectivity index (χ1v) is 3.68. The van der Waals surface area contributed by atoms with Crippen LogP contribution in [0.5, 0.6) is 0 Å². The first-order chi connectivity index (χ1) is 6.40. The monoisotopic (exact) mass is 174 g/mol. The van der Waals surface area contributed by atoms with Gasteiger partial charge in [0.2, 0.25) is 0 Å². The summed E-state index contributed by atoms with van der Waals surface area (Å²) in [4.78, 5) is 15.7. The van der Waals surface area contributed by atoms with E-state index in [-0.39, 0.29) is 0 Å². The average molecular weight is 174 g/mol. The van der Waals surface area contributed by atoms with Crippen LogP contribution in [0.1, 0.15) is 10.5 Å². The Kier molecular flexibility index (Phi) is 1.84. The second-order valence-corrected chi connectivity index (χ2v) is 2.38. The maximum absolute atomic E-state index is 10.4. The number of hydrogen-bond acceptors (Lipinski definition) is 4. The molecule has 0 saturated carbocycles. The number of carbonyl (C=O) groups excluding carboxylic acids is 1. The van der Waals surface area contributed by atoms with Crippen LogP contribution >= 0.6 is 0 Å². The molecule has 2 aromatic rings. The Morgan fingerprint density at radius 3 is 2.69 bits per heavy atom. The molecule has 2 heterocycles. The third-order valence-electron chi connectivity index (χ3n) is 1.54. The molecule has 0 atom stereocenters. The summed E-state index contributed by atoms with van der Waals surface area (Å²) in [6, 6.07) is 3.35. The summed E-state index contributed by atoms with van der Waals surface area (Å²) < 4.78 is 0. The lowest BCUT2D eigenvalue weighted by molar-refractivity contribution is 0.111. The van der Waals surface area contributed by atoms with Gasteiger partial charge in [-0.25, -0.2) is 0 Å². The molecule has 0 bridgehead atoms. The zero-order valence-corrected chi connectivity index (χ0v) is 6.66. The summed E-state index contributed by atoms with van der Waals surface area (Å²) in [5.41, 5.74) is 1.09. The van der Waals surface area contributed by atoms with Gasteiger partial charge >= 0.3 is 0 Å². The number of pyridine rings is 1. The van der Waals surface area contributed by atoms with Gasteiger partial charge in [-0.1, -0.05) is 0 Å². The highest BCUT2D eigenvalue weighted by Gasteiger charge is 1.98. The molecule has 5 heteroatoms. The highest BCUT2D eigenvalue weighted by Crippen LogP contribution is 2.03. The molecule has 0 saturated heterocycles. The summed E-state index contributed by atoms with van der Waals surface area (Å²) in [5, 5.41) is 7.85. The highest BCUT2D eigenvalue weighted by atomic mass is 16.1. The molecule has 0 aliphatic heterocycles.